The predicted octanol–water partition coefficient (Wildman–Crippen LogP) is 2.05. The molecule has 0 aliphatic heterocycles. The first-order chi connectivity index (χ1) is 4.33. The van der Waals surface area contributed by atoms with Gasteiger partial charge in [-0.2, -0.15) is 0 Å². The smallest absolute Gasteiger partial charge is 0.264 e. The molecule has 0 aliphatic carbocycles. The number of hydrogen-bond donors (Lipinski definition) is 1. The number of halogens is 2. The third kappa shape index (κ3) is 4.68. The first kappa shape index (κ1) is 9.82. The molecule has 62 valence electrons. The normalized spacial score (nSPS) is 15.9. The van der Waals surface area contributed by atoms with Crippen molar-refractivity contribution in [3.05, 3.63) is 0 Å². The average molecular weight is 152 g/mol. The van der Waals surface area contributed by atoms with Gasteiger partial charge in [-0.25, -0.2) is 8.78 Å². The summed E-state index contributed by atoms with van der Waals surface area (Å²) in [5.41, 5.74) is -0.226. The molecular formula is C7H14F2O. The van der Waals surface area contributed by atoms with E-state index in [9.17, 15) is 8.78 Å². The summed E-state index contributed by atoms with van der Waals surface area (Å²) in [6, 6.07) is 0. The average Bonchev–Trinajstić information content (AvgIpc) is 1.60. The second-order valence-corrected chi connectivity index (χ2v) is 3.67. The summed E-state index contributed by atoms with van der Waals surface area (Å²) < 4.78 is 23.4. The molecule has 0 heterocycles. The standard InChI is InChI=1S/C7H14F2O/c1-7(2,3)4-5(10)6(8)9/h5-6,10H,4H2,1-3H3. The number of alkyl halides is 2. The molecule has 0 aromatic heterocycles. The molecule has 0 aliphatic rings. The number of hydrogen-bond acceptors (Lipinski definition) is 1. The van der Waals surface area contributed by atoms with Crippen molar-refractivity contribution in [1.82, 2.24) is 0 Å². The molecule has 1 nitrogen and oxygen atoms in total. The lowest BCUT2D eigenvalue weighted by atomic mass is 9.89. The summed E-state index contributed by atoms with van der Waals surface area (Å²) in [6.45, 7) is 5.45. The van der Waals surface area contributed by atoms with Crippen molar-refractivity contribution in [2.45, 2.75) is 39.7 Å². The van der Waals surface area contributed by atoms with E-state index in [-0.39, 0.29) is 11.8 Å². The van der Waals surface area contributed by atoms with E-state index in [0.29, 0.717) is 0 Å². The van der Waals surface area contributed by atoms with Gasteiger partial charge in [0.25, 0.3) is 6.43 Å². The Morgan fingerprint density at radius 3 is 1.80 bits per heavy atom. The van der Waals surface area contributed by atoms with Gasteiger partial charge in [-0.1, -0.05) is 20.8 Å². The molecule has 0 aromatic rings. The third-order valence-corrected chi connectivity index (χ3v) is 1.11. The van der Waals surface area contributed by atoms with Gasteiger partial charge in [0.15, 0.2) is 0 Å². The van der Waals surface area contributed by atoms with Crippen LogP contribution in [0.1, 0.15) is 27.2 Å². The van der Waals surface area contributed by atoms with E-state index in [4.69, 9.17) is 5.11 Å². The molecule has 0 saturated carbocycles. The highest BCUT2D eigenvalue weighted by atomic mass is 19.3. The first-order valence-electron chi connectivity index (χ1n) is 3.29. The van der Waals surface area contributed by atoms with Crippen LogP contribution in [0.3, 0.4) is 0 Å². The minimum Gasteiger partial charge on any atom is -0.387 e. The van der Waals surface area contributed by atoms with Crippen molar-refractivity contribution in [3.63, 3.8) is 0 Å². The van der Waals surface area contributed by atoms with Gasteiger partial charge in [-0.3, -0.25) is 0 Å². The number of aliphatic hydroxyl groups is 1. The summed E-state index contributed by atoms with van der Waals surface area (Å²) in [6.07, 6.45) is -3.94. The Labute approximate surface area is 60.1 Å². The lowest BCUT2D eigenvalue weighted by Crippen LogP contribution is -2.24. The molecule has 0 bridgehead atoms. The van der Waals surface area contributed by atoms with E-state index in [1.807, 2.05) is 20.8 Å². The molecular weight excluding hydrogens is 138 g/mol. The maximum atomic E-state index is 11.7. The Morgan fingerprint density at radius 2 is 1.70 bits per heavy atom. The Kier molecular flexibility index (Phi) is 3.22. The van der Waals surface area contributed by atoms with Crippen molar-refractivity contribution >= 4 is 0 Å². The van der Waals surface area contributed by atoms with E-state index in [1.54, 1.807) is 0 Å². The molecule has 0 aromatic carbocycles. The lowest BCUT2D eigenvalue weighted by molar-refractivity contribution is -0.0252. The maximum absolute atomic E-state index is 11.7. The van der Waals surface area contributed by atoms with Crippen LogP contribution in [0.15, 0.2) is 0 Å². The van der Waals surface area contributed by atoms with Crippen LogP contribution in [0.25, 0.3) is 0 Å². The van der Waals surface area contributed by atoms with Crippen molar-refractivity contribution in [3.8, 4) is 0 Å². The number of aliphatic hydroxyl groups excluding tert-OH is 1. The van der Waals surface area contributed by atoms with Crippen LogP contribution in [0.4, 0.5) is 8.78 Å². The van der Waals surface area contributed by atoms with Crippen molar-refractivity contribution in [1.29, 1.82) is 0 Å². The van der Waals surface area contributed by atoms with Crippen LogP contribution >= 0.6 is 0 Å². The minimum absolute atomic E-state index is 0.144. The molecule has 0 spiro atoms. The monoisotopic (exact) mass is 152 g/mol. The van der Waals surface area contributed by atoms with Gasteiger partial charge in [0.05, 0.1) is 0 Å². The molecule has 0 saturated heterocycles. The molecule has 0 rings (SSSR count). The van der Waals surface area contributed by atoms with Crippen molar-refractivity contribution in [2.24, 2.45) is 5.41 Å². The van der Waals surface area contributed by atoms with E-state index < -0.39 is 12.5 Å². The minimum atomic E-state index is -2.61. The summed E-state index contributed by atoms with van der Waals surface area (Å²) in [4.78, 5) is 0. The van der Waals surface area contributed by atoms with Crippen LogP contribution in [0.5, 0.6) is 0 Å². The van der Waals surface area contributed by atoms with E-state index in [2.05, 4.69) is 0 Å². The van der Waals surface area contributed by atoms with E-state index >= 15 is 0 Å². The summed E-state index contributed by atoms with van der Waals surface area (Å²) >= 11 is 0. The molecule has 0 fully saturated rings. The fourth-order valence-electron chi connectivity index (χ4n) is 0.717. The summed E-state index contributed by atoms with van der Waals surface area (Å²) in [5.74, 6) is 0. The van der Waals surface area contributed by atoms with Gasteiger partial charge >= 0.3 is 0 Å². The van der Waals surface area contributed by atoms with Gasteiger partial charge in [-0.05, 0) is 11.8 Å². The zero-order chi connectivity index (χ0) is 8.36. The SMILES string of the molecule is CC(C)(C)CC(O)C(F)F. The lowest BCUT2D eigenvalue weighted by Gasteiger charge is -2.21. The van der Waals surface area contributed by atoms with Gasteiger partial charge in [0.2, 0.25) is 0 Å². The van der Waals surface area contributed by atoms with Crippen LogP contribution in [0.2, 0.25) is 0 Å². The van der Waals surface area contributed by atoms with Gasteiger partial charge in [0.1, 0.15) is 6.10 Å². The van der Waals surface area contributed by atoms with Crippen LogP contribution in [-0.4, -0.2) is 17.6 Å². The Bertz CT molecular complexity index is 96.3. The second-order valence-electron chi connectivity index (χ2n) is 3.67. The highest BCUT2D eigenvalue weighted by Crippen LogP contribution is 2.23. The third-order valence-electron chi connectivity index (χ3n) is 1.11. The molecule has 1 N–H and O–H groups in total. The van der Waals surface area contributed by atoms with Crippen LogP contribution in [0, 0.1) is 5.41 Å². The highest BCUT2D eigenvalue weighted by molar-refractivity contribution is 4.69. The molecule has 3 heteroatoms. The maximum Gasteiger partial charge on any atom is 0.264 e. The molecule has 0 radical (unpaired) electrons. The first-order valence-corrected chi connectivity index (χ1v) is 3.29. The van der Waals surface area contributed by atoms with Gasteiger partial charge in [0, 0.05) is 0 Å². The van der Waals surface area contributed by atoms with Gasteiger partial charge < -0.3 is 5.11 Å². The molecule has 10 heavy (non-hydrogen) atoms. The molecule has 1 atom stereocenters. The van der Waals surface area contributed by atoms with Gasteiger partial charge in [-0.15, -0.1) is 0 Å². The van der Waals surface area contributed by atoms with Crippen molar-refractivity contribution < 1.29 is 13.9 Å². The molecule has 1 unspecified atom stereocenters. The zero-order valence-corrected chi connectivity index (χ0v) is 6.56. The Morgan fingerprint density at radius 1 is 1.30 bits per heavy atom. The highest BCUT2D eigenvalue weighted by Gasteiger charge is 2.23. The quantitative estimate of drug-likeness (QED) is 0.642. The van der Waals surface area contributed by atoms with Crippen molar-refractivity contribution in [2.75, 3.05) is 0 Å². The second kappa shape index (κ2) is 3.28. The topological polar surface area (TPSA) is 20.2 Å². The van der Waals surface area contributed by atoms with E-state index in [0.717, 1.165) is 0 Å². The fraction of sp³-hybridized carbons (Fsp3) is 1.00. The summed E-state index contributed by atoms with van der Waals surface area (Å²) in [7, 11) is 0. The Balaban J connectivity index is 3.68. The largest absolute Gasteiger partial charge is 0.387 e. The molecule has 0 amide bonds. The fourth-order valence-corrected chi connectivity index (χ4v) is 0.717. The van der Waals surface area contributed by atoms with E-state index in [1.165, 1.54) is 0 Å². The van der Waals surface area contributed by atoms with Crippen LogP contribution < -0.4 is 0 Å². The van der Waals surface area contributed by atoms with Crippen LogP contribution in [-0.2, 0) is 0 Å². The number of rotatable bonds is 2. The predicted molar refractivity (Wildman–Crippen MR) is 36.1 cm³/mol. The summed E-state index contributed by atoms with van der Waals surface area (Å²) in [5, 5.41) is 8.71. The Hall–Kier alpha value is -0.180. The zero-order valence-electron chi connectivity index (χ0n) is 6.56.